The van der Waals surface area contributed by atoms with Crippen molar-refractivity contribution in [1.29, 1.82) is 0 Å². The van der Waals surface area contributed by atoms with E-state index in [2.05, 4.69) is 31.0 Å². The number of rotatable bonds is 1. The molecule has 23 heavy (non-hydrogen) atoms. The lowest BCUT2D eigenvalue weighted by Gasteiger charge is -2.50. The quantitative estimate of drug-likeness (QED) is 0.829. The van der Waals surface area contributed by atoms with Gasteiger partial charge >= 0.3 is 0 Å². The maximum Gasteiger partial charge on any atom is 0.257 e. The molecular weight excluding hydrogens is 294 g/mol. The molecule has 2 saturated heterocycles. The largest absolute Gasteiger partial charge is 0.393 e. The van der Waals surface area contributed by atoms with Crippen LogP contribution >= 0.6 is 0 Å². The third kappa shape index (κ3) is 3.43. The van der Waals surface area contributed by atoms with Gasteiger partial charge in [0.15, 0.2) is 0 Å². The summed E-state index contributed by atoms with van der Waals surface area (Å²) in [6.45, 7) is 7.78. The summed E-state index contributed by atoms with van der Waals surface area (Å²) in [7, 11) is 0. The van der Waals surface area contributed by atoms with E-state index in [0.29, 0.717) is 31.5 Å². The molecule has 2 aliphatic rings. The van der Waals surface area contributed by atoms with Gasteiger partial charge in [0.2, 0.25) is 0 Å². The summed E-state index contributed by atoms with van der Waals surface area (Å²) in [4.78, 5) is 14.2. The molecule has 2 fully saturated rings. The van der Waals surface area contributed by atoms with Gasteiger partial charge in [-0.3, -0.25) is 9.89 Å². The molecule has 6 heteroatoms. The first-order chi connectivity index (χ1) is 10.8. The lowest BCUT2D eigenvalue weighted by atomic mass is 9.76. The predicted octanol–water partition coefficient (Wildman–Crippen LogP) is 1.97. The smallest absolute Gasteiger partial charge is 0.257 e. The number of hydrogen-bond acceptors (Lipinski definition) is 4. The fraction of sp³-hybridized carbons (Fsp3) is 0.765. The molecule has 1 amide bonds. The predicted molar refractivity (Wildman–Crippen MR) is 86.0 cm³/mol. The maximum absolute atomic E-state index is 12.4. The maximum atomic E-state index is 12.4. The van der Waals surface area contributed by atoms with E-state index in [9.17, 15) is 9.90 Å². The summed E-state index contributed by atoms with van der Waals surface area (Å²) in [6, 6.07) is 0. The molecule has 2 atom stereocenters. The highest BCUT2D eigenvalue weighted by molar-refractivity contribution is 5.93. The van der Waals surface area contributed by atoms with Crippen LogP contribution in [0.1, 0.15) is 56.8 Å². The Hall–Kier alpha value is -1.40. The van der Waals surface area contributed by atoms with Gasteiger partial charge in [0.1, 0.15) is 0 Å². The molecule has 2 aliphatic heterocycles. The topological polar surface area (TPSA) is 78.5 Å². The van der Waals surface area contributed by atoms with Crippen molar-refractivity contribution < 1.29 is 14.6 Å². The van der Waals surface area contributed by atoms with Gasteiger partial charge in [-0.05, 0) is 18.3 Å². The van der Waals surface area contributed by atoms with Crippen LogP contribution in [-0.2, 0) is 4.74 Å². The number of hydrogen-bond donors (Lipinski definition) is 2. The molecule has 0 radical (unpaired) electrons. The van der Waals surface area contributed by atoms with Crippen LogP contribution in [0.2, 0.25) is 0 Å². The lowest BCUT2D eigenvalue weighted by Crippen LogP contribution is -2.55. The minimum Gasteiger partial charge on any atom is -0.393 e. The zero-order valence-corrected chi connectivity index (χ0v) is 14.2. The van der Waals surface area contributed by atoms with Crippen molar-refractivity contribution in [3.05, 3.63) is 18.0 Å². The Labute approximate surface area is 137 Å². The Kier molecular flexibility index (Phi) is 4.23. The highest BCUT2D eigenvalue weighted by atomic mass is 16.5. The van der Waals surface area contributed by atoms with Gasteiger partial charge in [0.25, 0.3) is 5.91 Å². The van der Waals surface area contributed by atoms with Crippen LogP contribution in [0.3, 0.4) is 0 Å². The zero-order chi connectivity index (χ0) is 16.7. The fourth-order valence-corrected chi connectivity index (χ4v) is 3.68. The summed E-state index contributed by atoms with van der Waals surface area (Å²) >= 11 is 0. The van der Waals surface area contributed by atoms with Crippen LogP contribution in [0.5, 0.6) is 0 Å². The standard InChI is InChI=1S/C17H27N3O3/c1-16(2,3)14-8-13(21)9-17(23-14)4-6-20(7-5-17)15(22)12-10-18-19-11-12/h10-11,13-14,21H,4-9H2,1-3H3,(H,18,19)/t13-,14-/m1/s1. The zero-order valence-electron chi connectivity index (χ0n) is 14.2. The van der Waals surface area contributed by atoms with E-state index in [1.54, 1.807) is 12.4 Å². The number of carbonyl (C=O) groups is 1. The Morgan fingerprint density at radius 1 is 1.43 bits per heavy atom. The molecule has 6 nitrogen and oxygen atoms in total. The molecule has 2 N–H and O–H groups in total. The van der Waals surface area contributed by atoms with Gasteiger partial charge in [0, 0.05) is 32.1 Å². The molecule has 0 aromatic carbocycles. The third-order valence-corrected chi connectivity index (χ3v) is 5.16. The molecule has 0 bridgehead atoms. The number of nitrogens with zero attached hydrogens (tertiary/aromatic N) is 2. The number of carbonyl (C=O) groups excluding carboxylic acids is 1. The van der Waals surface area contributed by atoms with Crippen molar-refractivity contribution in [3.8, 4) is 0 Å². The van der Waals surface area contributed by atoms with Crippen LogP contribution in [0.15, 0.2) is 12.4 Å². The Bertz CT molecular complexity index is 542. The second kappa shape index (κ2) is 5.91. The Morgan fingerprint density at radius 3 is 2.70 bits per heavy atom. The minimum atomic E-state index is -0.316. The number of likely N-dealkylation sites (tertiary alicyclic amines) is 1. The lowest BCUT2D eigenvalue weighted by molar-refractivity contribution is -0.205. The summed E-state index contributed by atoms with van der Waals surface area (Å²) in [6.07, 6.45) is 5.86. The van der Waals surface area contributed by atoms with Gasteiger partial charge in [-0.2, -0.15) is 5.10 Å². The van der Waals surface area contributed by atoms with Crippen molar-refractivity contribution in [1.82, 2.24) is 15.1 Å². The molecule has 1 spiro atoms. The molecule has 1 aromatic heterocycles. The van der Waals surface area contributed by atoms with Gasteiger partial charge < -0.3 is 14.7 Å². The van der Waals surface area contributed by atoms with Gasteiger partial charge in [0.05, 0.1) is 29.6 Å². The van der Waals surface area contributed by atoms with Crippen LogP contribution in [-0.4, -0.2) is 57.0 Å². The highest BCUT2D eigenvalue weighted by Crippen LogP contribution is 2.42. The summed E-state index contributed by atoms with van der Waals surface area (Å²) in [5.74, 6) is 0.0114. The Morgan fingerprint density at radius 2 is 2.13 bits per heavy atom. The van der Waals surface area contributed by atoms with Gasteiger partial charge in [-0.25, -0.2) is 0 Å². The van der Waals surface area contributed by atoms with E-state index >= 15 is 0 Å². The first kappa shape index (κ1) is 16.5. The number of aromatic amines is 1. The average molecular weight is 321 g/mol. The van der Waals surface area contributed by atoms with Crippen LogP contribution in [0, 0.1) is 5.41 Å². The monoisotopic (exact) mass is 321 g/mol. The first-order valence-electron chi connectivity index (χ1n) is 8.43. The van der Waals surface area contributed by atoms with Crippen molar-refractivity contribution in [3.63, 3.8) is 0 Å². The van der Waals surface area contributed by atoms with Crippen LogP contribution in [0.25, 0.3) is 0 Å². The number of piperidine rings is 1. The molecule has 3 rings (SSSR count). The number of aliphatic hydroxyl groups excluding tert-OH is 1. The van der Waals surface area contributed by atoms with E-state index in [1.165, 1.54) is 0 Å². The van der Waals surface area contributed by atoms with E-state index < -0.39 is 0 Å². The highest BCUT2D eigenvalue weighted by Gasteiger charge is 2.46. The summed E-state index contributed by atoms with van der Waals surface area (Å²) in [5, 5.41) is 16.8. The number of aromatic nitrogens is 2. The molecular formula is C17H27N3O3. The van der Waals surface area contributed by atoms with Crippen molar-refractivity contribution in [2.75, 3.05) is 13.1 Å². The molecule has 0 unspecified atom stereocenters. The minimum absolute atomic E-state index is 0.0114. The number of ether oxygens (including phenoxy) is 1. The molecule has 1 aromatic rings. The van der Waals surface area contributed by atoms with Crippen LogP contribution < -0.4 is 0 Å². The van der Waals surface area contributed by atoms with Crippen LogP contribution in [0.4, 0.5) is 0 Å². The molecule has 128 valence electrons. The number of amides is 1. The Balaban J connectivity index is 1.66. The molecule has 3 heterocycles. The normalized spacial score (nSPS) is 28.1. The van der Waals surface area contributed by atoms with E-state index in [1.807, 2.05) is 4.90 Å². The summed E-state index contributed by atoms with van der Waals surface area (Å²) in [5.41, 5.74) is 0.319. The number of nitrogens with one attached hydrogen (secondary N) is 1. The molecule has 0 aliphatic carbocycles. The average Bonchev–Trinajstić information content (AvgIpc) is 3.00. The van der Waals surface area contributed by atoms with Gasteiger partial charge in [-0.1, -0.05) is 20.8 Å². The van der Waals surface area contributed by atoms with Crippen molar-refractivity contribution in [2.45, 2.75) is 64.3 Å². The van der Waals surface area contributed by atoms with Crippen molar-refractivity contribution in [2.24, 2.45) is 5.41 Å². The van der Waals surface area contributed by atoms with E-state index in [0.717, 1.165) is 12.8 Å². The molecule has 0 saturated carbocycles. The number of H-pyrrole nitrogens is 1. The fourth-order valence-electron chi connectivity index (χ4n) is 3.68. The third-order valence-electron chi connectivity index (χ3n) is 5.16. The number of aliphatic hydroxyl groups is 1. The SMILES string of the molecule is CC(C)(C)[C@H]1C[C@@H](O)CC2(CCN(C(=O)c3cn[nH]c3)CC2)O1. The first-order valence-corrected chi connectivity index (χ1v) is 8.43. The van der Waals surface area contributed by atoms with Crippen molar-refractivity contribution >= 4 is 5.91 Å². The van der Waals surface area contributed by atoms with Gasteiger partial charge in [-0.15, -0.1) is 0 Å². The second-order valence-electron chi connectivity index (χ2n) is 8.03. The second-order valence-corrected chi connectivity index (χ2v) is 8.03. The van der Waals surface area contributed by atoms with E-state index in [-0.39, 0.29) is 29.1 Å². The summed E-state index contributed by atoms with van der Waals surface area (Å²) < 4.78 is 6.45. The van der Waals surface area contributed by atoms with E-state index in [4.69, 9.17) is 4.74 Å².